The van der Waals surface area contributed by atoms with Crippen LogP contribution >= 0.6 is 11.3 Å². The number of aromatic amines is 1. The number of rotatable bonds is 4. The van der Waals surface area contributed by atoms with Crippen LogP contribution in [0.2, 0.25) is 0 Å². The summed E-state index contributed by atoms with van der Waals surface area (Å²) in [6.07, 6.45) is 0. The Kier molecular flexibility index (Phi) is 3.66. The molecule has 4 rings (SSSR count). The zero-order chi connectivity index (χ0) is 16.5. The van der Waals surface area contributed by atoms with Gasteiger partial charge in [0.1, 0.15) is 10.8 Å². The molecule has 2 heterocycles. The minimum Gasteiger partial charge on any atom is -0.494 e. The second-order valence-electron chi connectivity index (χ2n) is 5.22. The van der Waals surface area contributed by atoms with Crippen LogP contribution in [0.3, 0.4) is 0 Å². The number of aromatic nitrogens is 2. The highest BCUT2D eigenvalue weighted by atomic mass is 32.1. The van der Waals surface area contributed by atoms with Crippen LogP contribution in [0, 0.1) is 0 Å². The van der Waals surface area contributed by atoms with Gasteiger partial charge in [-0.3, -0.25) is 4.98 Å². The van der Waals surface area contributed by atoms with E-state index in [0.29, 0.717) is 17.7 Å². The summed E-state index contributed by atoms with van der Waals surface area (Å²) in [5.41, 5.74) is 4.00. The highest BCUT2D eigenvalue weighted by Crippen LogP contribution is 2.31. The average molecular weight is 338 g/mol. The number of H-pyrrole nitrogens is 1. The van der Waals surface area contributed by atoms with Crippen molar-refractivity contribution in [2.75, 3.05) is 6.61 Å². The molecule has 0 radical (unpaired) electrons. The van der Waals surface area contributed by atoms with Crippen LogP contribution < -0.4 is 10.5 Å². The Morgan fingerprint density at radius 2 is 2.12 bits per heavy atom. The largest absolute Gasteiger partial charge is 0.494 e. The van der Waals surface area contributed by atoms with Crippen LogP contribution in [0.1, 0.15) is 6.92 Å². The molecule has 0 amide bonds. The normalized spacial score (nSPS) is 11.0. The fourth-order valence-corrected chi connectivity index (χ4v) is 3.36. The molecule has 5 nitrogen and oxygen atoms in total. The molecule has 0 saturated heterocycles. The van der Waals surface area contributed by atoms with Gasteiger partial charge in [-0.05, 0) is 31.2 Å². The molecule has 0 spiro atoms. The Morgan fingerprint density at radius 3 is 3.00 bits per heavy atom. The summed E-state index contributed by atoms with van der Waals surface area (Å²) < 4.78 is 10.7. The lowest BCUT2D eigenvalue weighted by molar-refractivity contribution is 0.340. The number of nitrogens with zero attached hydrogens (tertiary/aromatic N) is 1. The van der Waals surface area contributed by atoms with Gasteiger partial charge in [-0.1, -0.05) is 18.2 Å². The smallest absolute Gasteiger partial charge is 0.417 e. The van der Waals surface area contributed by atoms with E-state index in [1.165, 1.54) is 0 Å². The number of thiazole rings is 1. The van der Waals surface area contributed by atoms with E-state index in [1.54, 1.807) is 11.3 Å². The second kappa shape index (κ2) is 5.98. The molecule has 2 aromatic heterocycles. The predicted octanol–water partition coefficient (Wildman–Crippen LogP) is 4.31. The number of hydrogen-bond donors (Lipinski definition) is 1. The van der Waals surface area contributed by atoms with E-state index >= 15 is 0 Å². The number of ether oxygens (including phenoxy) is 1. The van der Waals surface area contributed by atoms with Crippen molar-refractivity contribution in [1.82, 2.24) is 9.97 Å². The molecule has 2 aromatic carbocycles. The highest BCUT2D eigenvalue weighted by molar-refractivity contribution is 7.13. The number of nitrogens with one attached hydrogen (secondary N) is 1. The lowest BCUT2D eigenvalue weighted by atomic mass is 10.1. The van der Waals surface area contributed by atoms with Crippen molar-refractivity contribution in [3.05, 3.63) is 58.4 Å². The third kappa shape index (κ3) is 2.72. The number of benzene rings is 2. The molecule has 0 fully saturated rings. The van der Waals surface area contributed by atoms with Crippen LogP contribution in [-0.4, -0.2) is 16.6 Å². The standard InChI is InChI=1S/C18H14N2O3S/c1-2-22-13-5-3-4-12(8-13)17-19-15(10-24-17)11-6-7-14-16(9-11)23-18(21)20-14/h3-10H,2H2,1H3,(H,20,21). The first kappa shape index (κ1) is 14.7. The van der Waals surface area contributed by atoms with Gasteiger partial charge in [0, 0.05) is 16.5 Å². The molecule has 120 valence electrons. The number of hydrogen-bond acceptors (Lipinski definition) is 5. The van der Waals surface area contributed by atoms with Crippen LogP contribution in [0.5, 0.6) is 5.75 Å². The summed E-state index contributed by atoms with van der Waals surface area (Å²) in [6, 6.07) is 13.5. The lowest BCUT2D eigenvalue weighted by Crippen LogP contribution is -1.92. The Morgan fingerprint density at radius 1 is 1.21 bits per heavy atom. The van der Waals surface area contributed by atoms with Gasteiger partial charge >= 0.3 is 5.76 Å². The first-order valence-corrected chi connectivity index (χ1v) is 8.43. The molecular formula is C18H14N2O3S. The van der Waals surface area contributed by atoms with E-state index in [9.17, 15) is 4.79 Å². The predicted molar refractivity (Wildman–Crippen MR) is 94.5 cm³/mol. The maximum Gasteiger partial charge on any atom is 0.417 e. The molecule has 6 heteroatoms. The molecule has 1 N–H and O–H groups in total. The molecule has 4 aromatic rings. The summed E-state index contributed by atoms with van der Waals surface area (Å²) >= 11 is 1.57. The fourth-order valence-electron chi connectivity index (χ4n) is 2.53. The van der Waals surface area contributed by atoms with E-state index in [4.69, 9.17) is 14.1 Å². The Bertz CT molecular complexity index is 1060. The summed E-state index contributed by atoms with van der Waals surface area (Å²) in [6.45, 7) is 2.60. The van der Waals surface area contributed by atoms with Gasteiger partial charge in [0.05, 0.1) is 17.8 Å². The first-order valence-electron chi connectivity index (χ1n) is 7.55. The Balaban J connectivity index is 1.70. The quantitative estimate of drug-likeness (QED) is 0.602. The molecule has 0 aliphatic heterocycles. The number of fused-ring (bicyclic) bond motifs is 1. The summed E-state index contributed by atoms with van der Waals surface area (Å²) in [7, 11) is 0. The van der Waals surface area contributed by atoms with Gasteiger partial charge in [0.15, 0.2) is 5.58 Å². The number of oxazole rings is 1. The van der Waals surface area contributed by atoms with Gasteiger partial charge in [-0.15, -0.1) is 11.3 Å². The van der Waals surface area contributed by atoms with Crippen LogP contribution in [0.15, 0.2) is 57.1 Å². The first-order chi connectivity index (χ1) is 11.7. The van der Waals surface area contributed by atoms with Gasteiger partial charge in [-0.25, -0.2) is 9.78 Å². The van der Waals surface area contributed by atoms with Crippen LogP contribution in [0.25, 0.3) is 32.9 Å². The molecule has 24 heavy (non-hydrogen) atoms. The van der Waals surface area contributed by atoms with Crippen LogP contribution in [0.4, 0.5) is 0 Å². The van der Waals surface area contributed by atoms with Crippen molar-refractivity contribution >= 4 is 22.4 Å². The zero-order valence-corrected chi connectivity index (χ0v) is 13.7. The van der Waals surface area contributed by atoms with Crippen molar-refractivity contribution in [3.63, 3.8) is 0 Å². The topological polar surface area (TPSA) is 68.1 Å². The molecular weight excluding hydrogens is 324 g/mol. The zero-order valence-electron chi connectivity index (χ0n) is 12.9. The van der Waals surface area contributed by atoms with Crippen molar-refractivity contribution in [2.24, 2.45) is 0 Å². The third-order valence-electron chi connectivity index (χ3n) is 3.61. The monoisotopic (exact) mass is 338 g/mol. The molecule has 0 bridgehead atoms. The van der Waals surface area contributed by atoms with Gasteiger partial charge in [0.2, 0.25) is 0 Å². The van der Waals surface area contributed by atoms with E-state index in [-0.39, 0.29) is 0 Å². The maximum atomic E-state index is 11.3. The highest BCUT2D eigenvalue weighted by Gasteiger charge is 2.10. The summed E-state index contributed by atoms with van der Waals surface area (Å²) in [5.74, 6) is 0.385. The summed E-state index contributed by atoms with van der Waals surface area (Å²) in [4.78, 5) is 18.6. The molecule has 0 aliphatic carbocycles. The second-order valence-corrected chi connectivity index (χ2v) is 6.08. The molecule has 0 aliphatic rings. The Labute approximate surface area is 141 Å². The van der Waals surface area contributed by atoms with Gasteiger partial charge < -0.3 is 9.15 Å². The van der Waals surface area contributed by atoms with Crippen molar-refractivity contribution < 1.29 is 9.15 Å². The van der Waals surface area contributed by atoms with Crippen molar-refractivity contribution in [3.8, 4) is 27.6 Å². The van der Waals surface area contributed by atoms with Crippen molar-refractivity contribution in [1.29, 1.82) is 0 Å². The lowest BCUT2D eigenvalue weighted by Gasteiger charge is -2.03. The van der Waals surface area contributed by atoms with E-state index < -0.39 is 5.76 Å². The minimum atomic E-state index is -0.450. The maximum absolute atomic E-state index is 11.3. The van der Waals surface area contributed by atoms with E-state index in [0.717, 1.165) is 27.6 Å². The average Bonchev–Trinajstić information content (AvgIpc) is 3.20. The van der Waals surface area contributed by atoms with Crippen LogP contribution in [-0.2, 0) is 0 Å². The molecule has 0 unspecified atom stereocenters. The SMILES string of the molecule is CCOc1cccc(-c2nc(-c3ccc4[nH]c(=O)oc4c3)cs2)c1. The molecule has 0 saturated carbocycles. The van der Waals surface area contributed by atoms with E-state index in [2.05, 4.69) is 4.98 Å². The van der Waals surface area contributed by atoms with Crippen molar-refractivity contribution in [2.45, 2.75) is 6.92 Å². The summed E-state index contributed by atoms with van der Waals surface area (Å²) in [5, 5.41) is 2.91. The van der Waals surface area contributed by atoms with Gasteiger partial charge in [0.25, 0.3) is 0 Å². The fraction of sp³-hybridized carbons (Fsp3) is 0.111. The van der Waals surface area contributed by atoms with Gasteiger partial charge in [-0.2, -0.15) is 0 Å². The minimum absolute atomic E-state index is 0.450. The Hall–Kier alpha value is -2.86. The molecule has 0 atom stereocenters. The van der Waals surface area contributed by atoms with E-state index in [1.807, 2.05) is 54.8 Å². The third-order valence-corrected chi connectivity index (χ3v) is 4.50.